The highest BCUT2D eigenvalue weighted by Crippen LogP contribution is 2.35. The molecule has 0 N–H and O–H groups in total. The van der Waals surface area contributed by atoms with Crippen LogP contribution in [0.25, 0.3) is 5.57 Å². The summed E-state index contributed by atoms with van der Waals surface area (Å²) in [6, 6.07) is 9.73. The Bertz CT molecular complexity index is 946. The maximum Gasteiger partial charge on any atom is 0.277 e. The first-order valence-electron chi connectivity index (χ1n) is 10.4. The topological polar surface area (TPSA) is 66.0 Å². The Morgan fingerprint density at radius 3 is 2.53 bits per heavy atom. The molecule has 1 atom stereocenters. The van der Waals surface area contributed by atoms with Crippen molar-refractivity contribution in [3.05, 3.63) is 52.5 Å². The number of thiophene rings is 1. The summed E-state index contributed by atoms with van der Waals surface area (Å²) >= 11 is 1.50. The third-order valence-electron chi connectivity index (χ3n) is 5.89. The summed E-state index contributed by atoms with van der Waals surface area (Å²) in [6.07, 6.45) is 3.61. The van der Waals surface area contributed by atoms with E-state index in [1.54, 1.807) is 6.20 Å². The SMILES string of the molecule is O=C1C(c2cccs2)=C(N2CCN(c3ccccn3)CC2)C(=O)N1CC1CCCO1. The average Bonchev–Trinajstić information content (AvgIpc) is 3.53. The van der Waals surface area contributed by atoms with Gasteiger partial charge in [-0.15, -0.1) is 11.3 Å². The number of nitrogens with zero attached hydrogens (tertiary/aromatic N) is 4. The number of imide groups is 1. The highest BCUT2D eigenvalue weighted by molar-refractivity contribution is 7.11. The first kappa shape index (κ1) is 19.3. The van der Waals surface area contributed by atoms with Crippen LogP contribution in [0.15, 0.2) is 47.6 Å². The molecule has 3 aliphatic heterocycles. The van der Waals surface area contributed by atoms with E-state index in [1.807, 2.05) is 35.7 Å². The molecule has 7 nitrogen and oxygen atoms in total. The van der Waals surface area contributed by atoms with Gasteiger partial charge < -0.3 is 14.5 Å². The van der Waals surface area contributed by atoms with Gasteiger partial charge in [0, 0.05) is 43.9 Å². The maximum atomic E-state index is 13.4. The number of piperazine rings is 1. The summed E-state index contributed by atoms with van der Waals surface area (Å²) in [5, 5.41) is 1.94. The molecule has 2 aromatic rings. The lowest BCUT2D eigenvalue weighted by Crippen LogP contribution is -2.48. The van der Waals surface area contributed by atoms with E-state index in [0.717, 1.165) is 36.6 Å². The van der Waals surface area contributed by atoms with Gasteiger partial charge >= 0.3 is 0 Å². The molecule has 3 aliphatic rings. The largest absolute Gasteiger partial charge is 0.376 e. The van der Waals surface area contributed by atoms with Crippen LogP contribution in [-0.4, -0.2) is 72.0 Å². The number of pyridine rings is 1. The lowest BCUT2D eigenvalue weighted by Gasteiger charge is -2.37. The summed E-state index contributed by atoms with van der Waals surface area (Å²) in [7, 11) is 0. The van der Waals surface area contributed by atoms with Crippen molar-refractivity contribution in [3.63, 3.8) is 0 Å². The van der Waals surface area contributed by atoms with E-state index in [1.165, 1.54) is 16.2 Å². The van der Waals surface area contributed by atoms with E-state index in [9.17, 15) is 9.59 Å². The highest BCUT2D eigenvalue weighted by Gasteiger charge is 2.43. The number of hydrogen-bond donors (Lipinski definition) is 0. The molecule has 0 aliphatic carbocycles. The Morgan fingerprint density at radius 2 is 1.87 bits per heavy atom. The van der Waals surface area contributed by atoms with Gasteiger partial charge in [-0.25, -0.2) is 4.98 Å². The van der Waals surface area contributed by atoms with Crippen LogP contribution in [0.4, 0.5) is 5.82 Å². The van der Waals surface area contributed by atoms with E-state index < -0.39 is 0 Å². The normalized spacial score (nSPS) is 22.5. The highest BCUT2D eigenvalue weighted by atomic mass is 32.1. The van der Waals surface area contributed by atoms with Crippen LogP contribution in [0.1, 0.15) is 17.7 Å². The summed E-state index contributed by atoms with van der Waals surface area (Å²) in [5.74, 6) is 0.559. The number of rotatable bonds is 5. The van der Waals surface area contributed by atoms with Gasteiger partial charge in [0.1, 0.15) is 11.5 Å². The van der Waals surface area contributed by atoms with Crippen LogP contribution < -0.4 is 4.90 Å². The number of ether oxygens (including phenoxy) is 1. The molecule has 0 aromatic carbocycles. The maximum absolute atomic E-state index is 13.4. The van der Waals surface area contributed by atoms with Crippen molar-refractivity contribution in [3.8, 4) is 0 Å². The van der Waals surface area contributed by atoms with Crippen LogP contribution in [-0.2, 0) is 14.3 Å². The van der Waals surface area contributed by atoms with Crippen LogP contribution in [0.5, 0.6) is 0 Å². The monoisotopic (exact) mass is 424 g/mol. The van der Waals surface area contributed by atoms with Gasteiger partial charge in [-0.3, -0.25) is 14.5 Å². The first-order valence-corrected chi connectivity index (χ1v) is 11.3. The summed E-state index contributed by atoms with van der Waals surface area (Å²) in [5.41, 5.74) is 1.08. The predicted octanol–water partition coefficient (Wildman–Crippen LogP) is 2.22. The van der Waals surface area contributed by atoms with Gasteiger partial charge in [0.25, 0.3) is 11.8 Å². The van der Waals surface area contributed by atoms with Crippen molar-refractivity contribution >= 4 is 34.5 Å². The number of carbonyl (C=O) groups is 2. The molecule has 156 valence electrons. The number of aromatic nitrogens is 1. The van der Waals surface area contributed by atoms with Crippen molar-refractivity contribution < 1.29 is 14.3 Å². The van der Waals surface area contributed by atoms with Crippen LogP contribution in [0.3, 0.4) is 0 Å². The third kappa shape index (κ3) is 3.50. The van der Waals surface area contributed by atoms with Gasteiger partial charge in [-0.2, -0.15) is 0 Å². The Morgan fingerprint density at radius 1 is 1.03 bits per heavy atom. The Hall–Kier alpha value is -2.71. The molecular formula is C22H24N4O3S. The van der Waals surface area contributed by atoms with Crippen molar-refractivity contribution in [2.75, 3.05) is 44.2 Å². The minimum absolute atomic E-state index is 0.0529. The molecule has 0 spiro atoms. The van der Waals surface area contributed by atoms with E-state index in [4.69, 9.17) is 4.74 Å². The first-order chi connectivity index (χ1) is 14.7. The molecule has 8 heteroatoms. The summed E-state index contributed by atoms with van der Waals surface area (Å²) < 4.78 is 5.69. The molecule has 30 heavy (non-hydrogen) atoms. The molecule has 2 amide bonds. The van der Waals surface area contributed by atoms with Gasteiger partial charge in [0.05, 0.1) is 18.2 Å². The van der Waals surface area contributed by atoms with Crippen molar-refractivity contribution in [2.24, 2.45) is 0 Å². The molecule has 0 bridgehead atoms. The Kier molecular flexibility index (Phi) is 5.26. The predicted molar refractivity (Wildman–Crippen MR) is 115 cm³/mol. The molecule has 5 heterocycles. The molecule has 0 radical (unpaired) electrons. The average molecular weight is 425 g/mol. The molecule has 2 aromatic heterocycles. The van der Waals surface area contributed by atoms with E-state index in [-0.39, 0.29) is 17.9 Å². The third-order valence-corrected chi connectivity index (χ3v) is 6.78. The van der Waals surface area contributed by atoms with E-state index >= 15 is 0 Å². The second kappa shape index (κ2) is 8.20. The van der Waals surface area contributed by atoms with E-state index in [2.05, 4.69) is 14.8 Å². The number of hydrogen-bond acceptors (Lipinski definition) is 7. The summed E-state index contributed by atoms with van der Waals surface area (Å²) in [4.78, 5) is 37.6. The number of carbonyl (C=O) groups excluding carboxylic acids is 2. The fourth-order valence-corrected chi connectivity index (χ4v) is 5.12. The van der Waals surface area contributed by atoms with Gasteiger partial charge in [-0.05, 0) is 36.4 Å². The zero-order valence-electron chi connectivity index (χ0n) is 16.7. The van der Waals surface area contributed by atoms with Gasteiger partial charge in [-0.1, -0.05) is 12.1 Å². The molecule has 5 rings (SSSR count). The molecule has 0 saturated carbocycles. The number of anilines is 1. The Labute approximate surface area is 179 Å². The van der Waals surface area contributed by atoms with Crippen LogP contribution >= 0.6 is 11.3 Å². The lowest BCUT2D eigenvalue weighted by molar-refractivity contribution is -0.139. The summed E-state index contributed by atoms with van der Waals surface area (Å²) in [6.45, 7) is 3.90. The van der Waals surface area contributed by atoms with Crippen LogP contribution in [0, 0.1) is 0 Å². The van der Waals surface area contributed by atoms with Crippen LogP contribution in [0.2, 0.25) is 0 Å². The smallest absolute Gasteiger partial charge is 0.277 e. The Balaban J connectivity index is 1.39. The lowest BCUT2D eigenvalue weighted by atomic mass is 10.1. The zero-order chi connectivity index (χ0) is 20.5. The quantitative estimate of drug-likeness (QED) is 0.686. The number of amides is 2. The second-order valence-corrected chi connectivity index (χ2v) is 8.67. The van der Waals surface area contributed by atoms with Crippen molar-refractivity contribution in [1.82, 2.24) is 14.8 Å². The minimum Gasteiger partial charge on any atom is -0.376 e. The second-order valence-electron chi connectivity index (χ2n) is 7.72. The molecule has 2 fully saturated rings. The minimum atomic E-state index is -0.194. The van der Waals surface area contributed by atoms with Gasteiger partial charge in [0.2, 0.25) is 0 Å². The fourth-order valence-electron chi connectivity index (χ4n) is 4.36. The molecular weight excluding hydrogens is 400 g/mol. The fraction of sp³-hybridized carbons (Fsp3) is 0.409. The zero-order valence-corrected chi connectivity index (χ0v) is 17.5. The molecule has 2 saturated heterocycles. The van der Waals surface area contributed by atoms with Gasteiger partial charge in [0.15, 0.2) is 0 Å². The van der Waals surface area contributed by atoms with E-state index in [0.29, 0.717) is 37.5 Å². The standard InChI is InChI=1S/C22H24N4O3S/c27-21-19(17-6-4-14-30-17)20(22(28)26(21)15-16-5-3-13-29-16)25-11-9-24(10-12-25)18-7-1-2-8-23-18/h1-2,4,6-8,14,16H,3,5,9-13,15H2. The van der Waals surface area contributed by atoms with Crippen molar-refractivity contribution in [1.29, 1.82) is 0 Å². The van der Waals surface area contributed by atoms with Crippen molar-refractivity contribution in [2.45, 2.75) is 18.9 Å². The molecule has 1 unspecified atom stereocenters.